The Kier molecular flexibility index (Phi) is 3.07. The second-order valence-corrected chi connectivity index (χ2v) is 3.91. The van der Waals surface area contributed by atoms with E-state index in [2.05, 4.69) is 18.2 Å². The molecule has 1 aromatic carbocycles. The minimum absolute atomic E-state index is 0.647. The second-order valence-electron chi connectivity index (χ2n) is 3.91. The van der Waals surface area contributed by atoms with Crippen molar-refractivity contribution in [2.24, 2.45) is 5.73 Å². The molecular formula is C13H17NO. The average molecular weight is 203 g/mol. The highest BCUT2D eigenvalue weighted by Gasteiger charge is 2.12. The summed E-state index contributed by atoms with van der Waals surface area (Å²) in [6, 6.07) is 6.35. The van der Waals surface area contributed by atoms with E-state index in [1.54, 1.807) is 7.11 Å². The predicted molar refractivity (Wildman–Crippen MR) is 62.2 cm³/mol. The monoisotopic (exact) mass is 203 g/mol. The van der Waals surface area contributed by atoms with Gasteiger partial charge in [0.25, 0.3) is 0 Å². The fourth-order valence-corrected chi connectivity index (χ4v) is 2.11. The molecule has 0 atom stereocenters. The van der Waals surface area contributed by atoms with E-state index in [-0.39, 0.29) is 0 Å². The van der Waals surface area contributed by atoms with Crippen molar-refractivity contribution in [1.29, 1.82) is 0 Å². The van der Waals surface area contributed by atoms with Gasteiger partial charge in [0.15, 0.2) is 0 Å². The van der Waals surface area contributed by atoms with Gasteiger partial charge in [-0.05, 0) is 42.5 Å². The summed E-state index contributed by atoms with van der Waals surface area (Å²) in [5.41, 5.74) is 9.83. The Morgan fingerprint density at radius 1 is 1.33 bits per heavy atom. The third-order valence-electron chi connectivity index (χ3n) is 2.95. The maximum Gasteiger partial charge on any atom is 0.119 e. The van der Waals surface area contributed by atoms with E-state index in [1.807, 2.05) is 6.07 Å². The number of fused-ring (bicyclic) bond motifs is 1. The van der Waals surface area contributed by atoms with Gasteiger partial charge < -0.3 is 10.5 Å². The van der Waals surface area contributed by atoms with Gasteiger partial charge in [0, 0.05) is 6.54 Å². The molecule has 0 bridgehead atoms. The van der Waals surface area contributed by atoms with Gasteiger partial charge in [-0.25, -0.2) is 0 Å². The van der Waals surface area contributed by atoms with Crippen molar-refractivity contribution in [2.75, 3.05) is 13.7 Å². The van der Waals surface area contributed by atoms with Crippen LogP contribution in [0.15, 0.2) is 29.8 Å². The van der Waals surface area contributed by atoms with Crippen molar-refractivity contribution in [3.63, 3.8) is 0 Å². The number of ether oxygens (including phenoxy) is 1. The highest BCUT2D eigenvalue weighted by atomic mass is 16.5. The standard InChI is InChI=1S/C13H17NO/c1-15-13-5-4-11-3-2-10(6-7-14)8-12(11)9-13/h4-6,9H,2-3,7-8,14H2,1H3/b10-6-. The highest BCUT2D eigenvalue weighted by Crippen LogP contribution is 2.27. The predicted octanol–water partition coefficient (Wildman–Crippen LogP) is 2.07. The Labute approximate surface area is 90.7 Å². The maximum absolute atomic E-state index is 5.53. The van der Waals surface area contributed by atoms with E-state index < -0.39 is 0 Å². The maximum atomic E-state index is 5.53. The molecule has 1 aliphatic carbocycles. The molecule has 0 saturated carbocycles. The van der Waals surface area contributed by atoms with Gasteiger partial charge in [-0.2, -0.15) is 0 Å². The molecule has 2 nitrogen and oxygen atoms in total. The lowest BCUT2D eigenvalue weighted by Gasteiger charge is -2.19. The third kappa shape index (κ3) is 2.21. The number of nitrogens with two attached hydrogens (primary N) is 1. The fourth-order valence-electron chi connectivity index (χ4n) is 2.11. The van der Waals surface area contributed by atoms with Gasteiger partial charge in [-0.1, -0.05) is 17.7 Å². The molecule has 0 saturated heterocycles. The van der Waals surface area contributed by atoms with Crippen LogP contribution in [0.4, 0.5) is 0 Å². The van der Waals surface area contributed by atoms with Crippen LogP contribution in [0, 0.1) is 0 Å². The zero-order valence-corrected chi connectivity index (χ0v) is 9.12. The molecular weight excluding hydrogens is 186 g/mol. The van der Waals surface area contributed by atoms with Crippen LogP contribution >= 0.6 is 0 Å². The van der Waals surface area contributed by atoms with E-state index in [1.165, 1.54) is 16.7 Å². The molecule has 0 heterocycles. The molecule has 1 aliphatic rings. The van der Waals surface area contributed by atoms with Crippen LogP contribution in [0.25, 0.3) is 0 Å². The molecule has 0 amide bonds. The van der Waals surface area contributed by atoms with Gasteiger partial charge in [0.2, 0.25) is 0 Å². The molecule has 2 heteroatoms. The van der Waals surface area contributed by atoms with Crippen LogP contribution in [0.2, 0.25) is 0 Å². The lowest BCUT2D eigenvalue weighted by atomic mass is 9.88. The Morgan fingerprint density at radius 3 is 2.93 bits per heavy atom. The number of aryl methyl sites for hydroxylation is 1. The molecule has 15 heavy (non-hydrogen) atoms. The third-order valence-corrected chi connectivity index (χ3v) is 2.95. The zero-order valence-electron chi connectivity index (χ0n) is 9.12. The van der Waals surface area contributed by atoms with E-state index in [0.717, 1.165) is 25.0 Å². The summed E-state index contributed by atoms with van der Waals surface area (Å²) in [6.45, 7) is 0.647. The SMILES string of the molecule is COc1ccc2c(c1)C/C(=C\CN)CC2. The van der Waals surface area contributed by atoms with E-state index >= 15 is 0 Å². The normalized spacial score (nSPS) is 17.6. The van der Waals surface area contributed by atoms with Crippen molar-refractivity contribution in [3.05, 3.63) is 41.0 Å². The minimum atomic E-state index is 0.647. The molecule has 0 spiro atoms. The fraction of sp³-hybridized carbons (Fsp3) is 0.385. The molecule has 0 radical (unpaired) electrons. The van der Waals surface area contributed by atoms with E-state index in [4.69, 9.17) is 10.5 Å². The minimum Gasteiger partial charge on any atom is -0.497 e. The van der Waals surface area contributed by atoms with Crippen molar-refractivity contribution in [1.82, 2.24) is 0 Å². The molecule has 2 N–H and O–H groups in total. The number of hydrogen-bond donors (Lipinski definition) is 1. The van der Waals surface area contributed by atoms with Crippen LogP contribution in [-0.4, -0.2) is 13.7 Å². The average Bonchev–Trinajstić information content (AvgIpc) is 2.28. The second kappa shape index (κ2) is 4.49. The summed E-state index contributed by atoms with van der Waals surface area (Å²) in [5, 5.41) is 0. The van der Waals surface area contributed by atoms with Crippen LogP contribution in [0.3, 0.4) is 0 Å². The number of benzene rings is 1. The largest absolute Gasteiger partial charge is 0.497 e. The van der Waals surface area contributed by atoms with Crippen LogP contribution in [0.1, 0.15) is 17.5 Å². The molecule has 1 aromatic rings. The molecule has 0 aliphatic heterocycles. The number of hydrogen-bond acceptors (Lipinski definition) is 2. The van der Waals surface area contributed by atoms with Gasteiger partial charge >= 0.3 is 0 Å². The molecule has 80 valence electrons. The summed E-state index contributed by atoms with van der Waals surface area (Å²) in [5.74, 6) is 0.947. The van der Waals surface area contributed by atoms with Gasteiger partial charge in [0.1, 0.15) is 5.75 Å². The number of allylic oxidation sites excluding steroid dienone is 1. The summed E-state index contributed by atoms with van der Waals surface area (Å²) in [6.07, 6.45) is 5.45. The Bertz CT molecular complexity index is 382. The first-order valence-corrected chi connectivity index (χ1v) is 5.37. The van der Waals surface area contributed by atoms with Gasteiger partial charge in [-0.15, -0.1) is 0 Å². The lowest BCUT2D eigenvalue weighted by Crippen LogP contribution is -2.07. The first-order valence-electron chi connectivity index (χ1n) is 5.37. The lowest BCUT2D eigenvalue weighted by molar-refractivity contribution is 0.414. The van der Waals surface area contributed by atoms with E-state index in [0.29, 0.717) is 6.54 Å². The van der Waals surface area contributed by atoms with Crippen LogP contribution in [-0.2, 0) is 12.8 Å². The van der Waals surface area contributed by atoms with Crippen molar-refractivity contribution in [3.8, 4) is 5.75 Å². The first kappa shape index (κ1) is 10.2. The van der Waals surface area contributed by atoms with E-state index in [9.17, 15) is 0 Å². The van der Waals surface area contributed by atoms with Gasteiger partial charge in [-0.3, -0.25) is 0 Å². The van der Waals surface area contributed by atoms with Crippen LogP contribution in [0.5, 0.6) is 5.75 Å². The molecule has 0 unspecified atom stereocenters. The van der Waals surface area contributed by atoms with Crippen molar-refractivity contribution >= 4 is 0 Å². The number of rotatable bonds is 2. The van der Waals surface area contributed by atoms with Gasteiger partial charge in [0.05, 0.1) is 7.11 Å². The summed E-state index contributed by atoms with van der Waals surface area (Å²) < 4.78 is 5.23. The topological polar surface area (TPSA) is 35.2 Å². The van der Waals surface area contributed by atoms with Crippen molar-refractivity contribution < 1.29 is 4.74 Å². The smallest absolute Gasteiger partial charge is 0.119 e. The zero-order chi connectivity index (χ0) is 10.7. The Morgan fingerprint density at radius 2 is 2.20 bits per heavy atom. The summed E-state index contributed by atoms with van der Waals surface area (Å²) >= 11 is 0. The Hall–Kier alpha value is -1.28. The first-order chi connectivity index (χ1) is 7.33. The van der Waals surface area contributed by atoms with Crippen molar-refractivity contribution in [2.45, 2.75) is 19.3 Å². The number of methoxy groups -OCH3 is 1. The Balaban J connectivity index is 2.27. The van der Waals surface area contributed by atoms with Crippen LogP contribution < -0.4 is 10.5 Å². The molecule has 0 fully saturated rings. The summed E-state index contributed by atoms with van der Waals surface area (Å²) in [4.78, 5) is 0. The summed E-state index contributed by atoms with van der Waals surface area (Å²) in [7, 11) is 1.71. The highest BCUT2D eigenvalue weighted by molar-refractivity contribution is 5.40. The molecule has 0 aromatic heterocycles. The molecule has 2 rings (SSSR count). The quantitative estimate of drug-likeness (QED) is 0.747.